The largest absolute Gasteiger partial charge is 0.495 e. The first-order valence-corrected chi connectivity index (χ1v) is 12.2. The molecule has 31 heavy (non-hydrogen) atoms. The summed E-state index contributed by atoms with van der Waals surface area (Å²) in [6, 6.07) is 5.32. The number of amides is 1. The van der Waals surface area contributed by atoms with Crippen LogP contribution in [0.4, 0.5) is 0 Å². The molecular weight excluding hydrogens is 416 g/mol. The first-order chi connectivity index (χ1) is 14.8. The molecule has 1 aliphatic rings. The lowest BCUT2D eigenvalue weighted by Gasteiger charge is -2.31. The fourth-order valence-electron chi connectivity index (χ4n) is 3.79. The summed E-state index contributed by atoms with van der Waals surface area (Å²) in [5.74, 6) is 0.399. The number of imidazole rings is 1. The Morgan fingerprint density at radius 2 is 2.03 bits per heavy atom. The molecule has 0 atom stereocenters. The average molecular weight is 449 g/mol. The molecule has 9 heteroatoms. The molecule has 2 heterocycles. The highest BCUT2D eigenvalue weighted by atomic mass is 32.2. The maximum atomic E-state index is 13.3. The Morgan fingerprint density at radius 1 is 1.29 bits per heavy atom. The van der Waals surface area contributed by atoms with E-state index in [0.717, 1.165) is 18.5 Å². The molecule has 1 saturated heterocycles. The molecule has 0 spiro atoms. The fourth-order valence-corrected chi connectivity index (χ4v) is 5.45. The number of methoxy groups -OCH3 is 1. The summed E-state index contributed by atoms with van der Waals surface area (Å²) in [7, 11) is -2.21. The molecule has 8 nitrogen and oxygen atoms in total. The van der Waals surface area contributed by atoms with Crippen molar-refractivity contribution in [2.24, 2.45) is 5.92 Å². The highest BCUT2D eigenvalue weighted by Gasteiger charge is 2.33. The number of carbonyl (C=O) groups excluding carboxylic acids is 1. The number of hydrogen-bond donors (Lipinski definition) is 1. The van der Waals surface area contributed by atoms with E-state index < -0.39 is 10.0 Å². The summed E-state index contributed by atoms with van der Waals surface area (Å²) in [5.41, 5.74) is 0.948. The monoisotopic (exact) mass is 448 g/mol. The van der Waals surface area contributed by atoms with Crippen LogP contribution in [0, 0.1) is 5.92 Å². The zero-order chi connectivity index (χ0) is 22.4. The van der Waals surface area contributed by atoms with Crippen molar-refractivity contribution in [3.05, 3.63) is 42.5 Å². The van der Waals surface area contributed by atoms with Crippen molar-refractivity contribution in [2.45, 2.75) is 50.5 Å². The molecule has 1 aromatic heterocycles. The van der Waals surface area contributed by atoms with Gasteiger partial charge < -0.3 is 14.6 Å². The molecular formula is C22H32N4O4S. The molecule has 0 bridgehead atoms. The minimum absolute atomic E-state index is 0.00191. The lowest BCUT2D eigenvalue weighted by atomic mass is 9.97. The van der Waals surface area contributed by atoms with Crippen molar-refractivity contribution in [1.82, 2.24) is 19.2 Å². The number of nitrogens with zero attached hydrogens (tertiary/aromatic N) is 3. The van der Waals surface area contributed by atoms with Gasteiger partial charge in [0.05, 0.1) is 13.4 Å². The summed E-state index contributed by atoms with van der Waals surface area (Å²) < 4.78 is 35.3. The van der Waals surface area contributed by atoms with E-state index in [4.69, 9.17) is 4.74 Å². The Hall–Kier alpha value is -2.39. The highest BCUT2D eigenvalue weighted by molar-refractivity contribution is 7.89. The van der Waals surface area contributed by atoms with Gasteiger partial charge in [0.1, 0.15) is 10.6 Å². The van der Waals surface area contributed by atoms with Crippen LogP contribution < -0.4 is 10.1 Å². The predicted molar refractivity (Wildman–Crippen MR) is 118 cm³/mol. The maximum absolute atomic E-state index is 13.3. The number of nitrogens with one attached hydrogen (secondary N) is 1. The van der Waals surface area contributed by atoms with E-state index in [9.17, 15) is 13.2 Å². The third-order valence-corrected chi connectivity index (χ3v) is 7.67. The van der Waals surface area contributed by atoms with Crippen LogP contribution in [-0.4, -0.2) is 54.9 Å². The van der Waals surface area contributed by atoms with Gasteiger partial charge in [0.25, 0.3) is 0 Å². The topological polar surface area (TPSA) is 93.5 Å². The molecule has 3 rings (SSSR count). The van der Waals surface area contributed by atoms with Crippen molar-refractivity contribution in [3.8, 4) is 5.75 Å². The number of ether oxygens (including phenoxy) is 1. The van der Waals surface area contributed by atoms with Gasteiger partial charge in [0, 0.05) is 44.5 Å². The smallest absolute Gasteiger partial charge is 0.246 e. The minimum Gasteiger partial charge on any atom is -0.495 e. The van der Waals surface area contributed by atoms with E-state index in [1.54, 1.807) is 24.7 Å². The first kappa shape index (κ1) is 23.3. The van der Waals surface area contributed by atoms with E-state index in [-0.39, 0.29) is 22.6 Å². The molecule has 0 unspecified atom stereocenters. The lowest BCUT2D eigenvalue weighted by Crippen LogP contribution is -2.43. The van der Waals surface area contributed by atoms with Crippen molar-refractivity contribution in [3.63, 3.8) is 0 Å². The fraction of sp³-hybridized carbons (Fsp3) is 0.545. The first-order valence-electron chi connectivity index (χ1n) is 10.7. The molecule has 1 N–H and O–H groups in total. The number of aromatic nitrogens is 2. The van der Waals surface area contributed by atoms with Crippen LogP contribution in [0.5, 0.6) is 5.75 Å². The Kier molecular flexibility index (Phi) is 7.72. The molecule has 1 fully saturated rings. The summed E-state index contributed by atoms with van der Waals surface area (Å²) in [5, 5.41) is 2.98. The van der Waals surface area contributed by atoms with Gasteiger partial charge in [0.15, 0.2) is 0 Å². The molecule has 1 amide bonds. The zero-order valence-corrected chi connectivity index (χ0v) is 19.3. The van der Waals surface area contributed by atoms with Crippen LogP contribution in [0.25, 0.3) is 0 Å². The van der Waals surface area contributed by atoms with E-state index in [0.29, 0.717) is 38.2 Å². The van der Waals surface area contributed by atoms with Crippen LogP contribution in [0.2, 0.25) is 0 Å². The van der Waals surface area contributed by atoms with Crippen LogP contribution in [-0.2, 0) is 21.4 Å². The summed E-state index contributed by atoms with van der Waals surface area (Å²) in [6.07, 6.45) is 7.22. The predicted octanol–water partition coefficient (Wildman–Crippen LogP) is 2.62. The van der Waals surface area contributed by atoms with Crippen LogP contribution in [0.3, 0.4) is 0 Å². The summed E-state index contributed by atoms with van der Waals surface area (Å²) in [4.78, 5) is 16.7. The normalized spacial score (nSPS) is 15.9. The number of rotatable bonds is 9. The van der Waals surface area contributed by atoms with E-state index in [2.05, 4.69) is 10.3 Å². The standard InChI is InChI=1S/C22H32N4O4S/c1-17(2)19-5-6-20(30-3)21(15-19)31(28,29)26-12-7-18(8-13-26)22(27)24-9-4-11-25-14-10-23-16-25/h5-6,10,14-18H,4,7-9,11-13H2,1-3H3,(H,24,27). The number of benzene rings is 1. The molecule has 2 aromatic rings. The van der Waals surface area contributed by atoms with Gasteiger partial charge in [-0.2, -0.15) is 4.31 Å². The SMILES string of the molecule is COc1ccc(C(C)C)cc1S(=O)(=O)N1CCC(C(=O)NCCCn2ccnc2)CC1. The highest BCUT2D eigenvalue weighted by Crippen LogP contribution is 2.32. The lowest BCUT2D eigenvalue weighted by molar-refractivity contribution is -0.126. The minimum atomic E-state index is -3.69. The van der Waals surface area contributed by atoms with Crippen LogP contribution >= 0.6 is 0 Å². The molecule has 170 valence electrons. The quantitative estimate of drug-likeness (QED) is 0.595. The van der Waals surface area contributed by atoms with E-state index >= 15 is 0 Å². The maximum Gasteiger partial charge on any atom is 0.246 e. The van der Waals surface area contributed by atoms with Gasteiger partial charge in [-0.1, -0.05) is 19.9 Å². The number of carbonyl (C=O) groups is 1. The third-order valence-electron chi connectivity index (χ3n) is 5.75. The Morgan fingerprint density at radius 3 is 2.65 bits per heavy atom. The summed E-state index contributed by atoms with van der Waals surface area (Å²) >= 11 is 0. The van der Waals surface area contributed by atoms with Gasteiger partial charge in [-0.05, 0) is 42.9 Å². The number of sulfonamides is 1. The third kappa shape index (κ3) is 5.65. The molecule has 1 aromatic carbocycles. The molecule has 0 radical (unpaired) electrons. The average Bonchev–Trinajstić information content (AvgIpc) is 3.29. The molecule has 0 aliphatic carbocycles. The van der Waals surface area contributed by atoms with Gasteiger partial charge in [-0.3, -0.25) is 4.79 Å². The molecule has 1 aliphatic heterocycles. The van der Waals surface area contributed by atoms with E-state index in [1.165, 1.54) is 11.4 Å². The number of hydrogen-bond acceptors (Lipinski definition) is 5. The van der Waals surface area contributed by atoms with Gasteiger partial charge in [-0.25, -0.2) is 13.4 Å². The second-order valence-corrected chi connectivity index (χ2v) is 10.1. The van der Waals surface area contributed by atoms with Crippen molar-refractivity contribution >= 4 is 15.9 Å². The Balaban J connectivity index is 1.56. The van der Waals surface area contributed by atoms with Crippen molar-refractivity contribution < 1.29 is 17.9 Å². The second kappa shape index (κ2) is 10.3. The second-order valence-electron chi connectivity index (χ2n) is 8.19. The summed E-state index contributed by atoms with van der Waals surface area (Å²) in [6.45, 7) is 6.09. The molecule has 0 saturated carbocycles. The zero-order valence-electron chi connectivity index (χ0n) is 18.5. The van der Waals surface area contributed by atoms with Gasteiger partial charge in [0.2, 0.25) is 15.9 Å². The van der Waals surface area contributed by atoms with Crippen molar-refractivity contribution in [2.75, 3.05) is 26.7 Å². The van der Waals surface area contributed by atoms with Crippen LogP contribution in [0.15, 0.2) is 41.8 Å². The van der Waals surface area contributed by atoms with Gasteiger partial charge >= 0.3 is 0 Å². The number of aryl methyl sites for hydroxylation is 1. The van der Waals surface area contributed by atoms with Crippen molar-refractivity contribution in [1.29, 1.82) is 0 Å². The Bertz CT molecular complexity index is 965. The Labute approximate surface area is 184 Å². The van der Waals surface area contributed by atoms with Crippen LogP contribution in [0.1, 0.15) is 44.6 Å². The van der Waals surface area contributed by atoms with Gasteiger partial charge in [-0.15, -0.1) is 0 Å². The number of piperidine rings is 1. The van der Waals surface area contributed by atoms with E-state index in [1.807, 2.05) is 30.7 Å².